The molecule has 2 aromatic carbocycles. The van der Waals surface area contributed by atoms with E-state index >= 15 is 0 Å². The Labute approximate surface area is 131 Å². The molecule has 3 rings (SSSR count). The fourth-order valence-corrected chi connectivity index (χ4v) is 3.00. The minimum Gasteiger partial charge on any atom is -0.343 e. The van der Waals surface area contributed by atoms with E-state index in [1.165, 1.54) is 22.5 Å². The summed E-state index contributed by atoms with van der Waals surface area (Å²) in [6.07, 6.45) is 2.14. The topological polar surface area (TPSA) is 17.0 Å². The van der Waals surface area contributed by atoms with E-state index in [-0.39, 0.29) is 5.82 Å². The molecular weight excluding hydrogens is 331 g/mol. The molecule has 0 saturated heterocycles. The number of hydrogen-bond acceptors (Lipinski definition) is 1. The zero-order chi connectivity index (χ0) is 14.8. The summed E-state index contributed by atoms with van der Waals surface area (Å²) in [6.45, 7) is 1.46. The van der Waals surface area contributed by atoms with Gasteiger partial charge in [-0.2, -0.15) is 0 Å². The lowest BCUT2D eigenvalue weighted by atomic mass is 10.2. The van der Waals surface area contributed by atoms with Crippen molar-refractivity contribution in [2.45, 2.75) is 13.1 Å². The van der Waals surface area contributed by atoms with Crippen LogP contribution >= 0.6 is 15.9 Å². The Morgan fingerprint density at radius 2 is 1.95 bits per heavy atom. The average molecular weight is 347 g/mol. The van der Waals surface area contributed by atoms with Crippen molar-refractivity contribution in [3.8, 4) is 0 Å². The number of benzene rings is 2. The minimum absolute atomic E-state index is 0.208. The molecule has 0 saturated carbocycles. The van der Waals surface area contributed by atoms with Crippen LogP contribution in [0.5, 0.6) is 0 Å². The first-order valence-corrected chi connectivity index (χ1v) is 7.63. The van der Waals surface area contributed by atoms with Crippen molar-refractivity contribution < 1.29 is 4.39 Å². The van der Waals surface area contributed by atoms with Crippen LogP contribution in [-0.4, -0.2) is 11.6 Å². The van der Waals surface area contributed by atoms with Crippen LogP contribution in [0.4, 0.5) is 4.39 Å². The third-order valence-corrected chi connectivity index (χ3v) is 4.36. The zero-order valence-electron chi connectivity index (χ0n) is 11.7. The van der Waals surface area contributed by atoms with Gasteiger partial charge >= 0.3 is 0 Å². The summed E-state index contributed by atoms with van der Waals surface area (Å²) in [5, 5.41) is 4.43. The average Bonchev–Trinajstić information content (AvgIpc) is 2.82. The number of aromatic nitrogens is 1. The summed E-state index contributed by atoms with van der Waals surface area (Å²) < 4.78 is 16.5. The molecule has 108 valence electrons. The van der Waals surface area contributed by atoms with Gasteiger partial charge in [-0.1, -0.05) is 34.1 Å². The van der Waals surface area contributed by atoms with Gasteiger partial charge in [0, 0.05) is 34.7 Å². The molecule has 0 unspecified atom stereocenters. The standard InChI is InChI=1S/C17H16BrFN2/c1-20-9-13-11-21(17-5-3-2-4-15(13)17)10-12-8-14(19)6-7-16(12)18/h2-8,11,20H,9-10H2,1H3. The van der Waals surface area contributed by atoms with Crippen LogP contribution < -0.4 is 5.32 Å². The molecule has 0 bridgehead atoms. The number of halogens is 2. The van der Waals surface area contributed by atoms with Gasteiger partial charge in [-0.05, 0) is 42.4 Å². The first-order chi connectivity index (χ1) is 10.2. The molecule has 1 aromatic heterocycles. The van der Waals surface area contributed by atoms with Crippen molar-refractivity contribution in [3.63, 3.8) is 0 Å². The third kappa shape index (κ3) is 2.87. The summed E-state index contributed by atoms with van der Waals surface area (Å²) in [5.41, 5.74) is 3.35. The van der Waals surface area contributed by atoms with Gasteiger partial charge in [0.15, 0.2) is 0 Å². The fourth-order valence-electron chi connectivity index (χ4n) is 2.63. The normalized spacial score (nSPS) is 11.2. The highest BCUT2D eigenvalue weighted by Crippen LogP contribution is 2.25. The summed E-state index contributed by atoms with van der Waals surface area (Å²) in [6, 6.07) is 13.1. The molecule has 0 atom stereocenters. The van der Waals surface area contributed by atoms with Crippen molar-refractivity contribution in [1.29, 1.82) is 0 Å². The minimum atomic E-state index is -0.208. The summed E-state index contributed by atoms with van der Waals surface area (Å²) in [5.74, 6) is -0.208. The molecular formula is C17H16BrFN2. The van der Waals surface area contributed by atoms with Gasteiger partial charge in [-0.15, -0.1) is 0 Å². The molecule has 0 amide bonds. The molecule has 0 spiro atoms. The van der Waals surface area contributed by atoms with Crippen LogP contribution in [0.15, 0.2) is 53.1 Å². The van der Waals surface area contributed by atoms with Crippen molar-refractivity contribution in [3.05, 3.63) is 70.1 Å². The maximum absolute atomic E-state index is 13.4. The van der Waals surface area contributed by atoms with Crippen molar-refractivity contribution >= 4 is 26.8 Å². The Kier molecular flexibility index (Phi) is 4.08. The Morgan fingerprint density at radius 3 is 2.76 bits per heavy atom. The maximum atomic E-state index is 13.4. The molecule has 4 heteroatoms. The Morgan fingerprint density at radius 1 is 1.14 bits per heavy atom. The van der Waals surface area contributed by atoms with E-state index in [9.17, 15) is 4.39 Å². The lowest BCUT2D eigenvalue weighted by molar-refractivity contribution is 0.623. The van der Waals surface area contributed by atoms with Gasteiger partial charge in [0.25, 0.3) is 0 Å². The second-order valence-corrected chi connectivity index (χ2v) is 5.92. The molecule has 21 heavy (non-hydrogen) atoms. The quantitative estimate of drug-likeness (QED) is 0.744. The van der Waals surface area contributed by atoms with E-state index < -0.39 is 0 Å². The molecule has 0 aliphatic heterocycles. The largest absolute Gasteiger partial charge is 0.343 e. The summed E-state index contributed by atoms with van der Waals surface area (Å²) >= 11 is 3.50. The maximum Gasteiger partial charge on any atom is 0.123 e. The highest BCUT2D eigenvalue weighted by atomic mass is 79.9. The van der Waals surface area contributed by atoms with Crippen LogP contribution in [0.25, 0.3) is 10.9 Å². The molecule has 0 radical (unpaired) electrons. The fraction of sp³-hybridized carbons (Fsp3) is 0.176. The number of para-hydroxylation sites is 1. The van der Waals surface area contributed by atoms with Crippen LogP contribution in [0.2, 0.25) is 0 Å². The summed E-state index contributed by atoms with van der Waals surface area (Å²) in [4.78, 5) is 0. The Bertz CT molecular complexity index is 780. The molecule has 0 aliphatic rings. The lowest BCUT2D eigenvalue weighted by Crippen LogP contribution is -2.04. The van der Waals surface area contributed by atoms with Crippen molar-refractivity contribution in [2.75, 3.05) is 7.05 Å². The van der Waals surface area contributed by atoms with E-state index in [4.69, 9.17) is 0 Å². The number of rotatable bonds is 4. The SMILES string of the molecule is CNCc1cn(Cc2cc(F)ccc2Br)c2ccccc12. The number of hydrogen-bond donors (Lipinski definition) is 1. The van der Waals surface area contributed by atoms with E-state index in [1.54, 1.807) is 12.1 Å². The molecule has 1 heterocycles. The first-order valence-electron chi connectivity index (χ1n) is 6.84. The van der Waals surface area contributed by atoms with E-state index in [0.717, 1.165) is 16.6 Å². The van der Waals surface area contributed by atoms with E-state index in [0.29, 0.717) is 6.54 Å². The molecule has 0 fully saturated rings. The van der Waals surface area contributed by atoms with Gasteiger partial charge in [0.2, 0.25) is 0 Å². The first kappa shape index (κ1) is 14.3. The van der Waals surface area contributed by atoms with Crippen LogP contribution in [0, 0.1) is 5.82 Å². The second-order valence-electron chi connectivity index (χ2n) is 5.07. The highest BCUT2D eigenvalue weighted by Gasteiger charge is 2.09. The van der Waals surface area contributed by atoms with Crippen molar-refractivity contribution in [2.24, 2.45) is 0 Å². The zero-order valence-corrected chi connectivity index (χ0v) is 13.3. The van der Waals surface area contributed by atoms with Crippen molar-refractivity contribution in [1.82, 2.24) is 9.88 Å². The van der Waals surface area contributed by atoms with Gasteiger partial charge < -0.3 is 9.88 Å². The monoisotopic (exact) mass is 346 g/mol. The Hall–Kier alpha value is -1.65. The smallest absolute Gasteiger partial charge is 0.123 e. The lowest BCUT2D eigenvalue weighted by Gasteiger charge is -2.08. The highest BCUT2D eigenvalue weighted by molar-refractivity contribution is 9.10. The third-order valence-electron chi connectivity index (χ3n) is 3.59. The molecule has 1 N–H and O–H groups in total. The number of fused-ring (bicyclic) bond motifs is 1. The van der Waals surface area contributed by atoms with Crippen LogP contribution in [0.3, 0.4) is 0 Å². The summed E-state index contributed by atoms with van der Waals surface area (Å²) in [7, 11) is 1.94. The van der Waals surface area contributed by atoms with Gasteiger partial charge in [0.05, 0.1) is 0 Å². The predicted octanol–water partition coefficient (Wildman–Crippen LogP) is 4.31. The number of nitrogens with one attached hydrogen (secondary N) is 1. The molecule has 0 aliphatic carbocycles. The van der Waals surface area contributed by atoms with Crippen LogP contribution in [0.1, 0.15) is 11.1 Å². The van der Waals surface area contributed by atoms with Gasteiger partial charge in [-0.3, -0.25) is 0 Å². The van der Waals surface area contributed by atoms with Gasteiger partial charge in [-0.25, -0.2) is 4.39 Å². The predicted molar refractivity (Wildman–Crippen MR) is 87.9 cm³/mol. The molecule has 2 nitrogen and oxygen atoms in total. The number of nitrogens with zero attached hydrogens (tertiary/aromatic N) is 1. The second kappa shape index (κ2) is 6.00. The molecule has 3 aromatic rings. The van der Waals surface area contributed by atoms with E-state index in [2.05, 4.69) is 44.1 Å². The van der Waals surface area contributed by atoms with Crippen LogP contribution in [-0.2, 0) is 13.1 Å². The van der Waals surface area contributed by atoms with Gasteiger partial charge in [0.1, 0.15) is 5.82 Å². The van der Waals surface area contributed by atoms with E-state index in [1.807, 2.05) is 19.2 Å². The Balaban J connectivity index is 2.06.